The van der Waals surface area contributed by atoms with Crippen LogP contribution in [-0.4, -0.2) is 24.6 Å². The second kappa shape index (κ2) is 4.23. The molecule has 0 bridgehead atoms. The van der Waals surface area contributed by atoms with Crippen molar-refractivity contribution in [1.29, 1.82) is 0 Å². The van der Waals surface area contributed by atoms with Crippen molar-refractivity contribution in [3.8, 4) is 5.75 Å². The van der Waals surface area contributed by atoms with Crippen molar-refractivity contribution < 1.29 is 4.74 Å². The van der Waals surface area contributed by atoms with E-state index in [1.807, 2.05) is 0 Å². The summed E-state index contributed by atoms with van der Waals surface area (Å²) in [7, 11) is 1.73. The van der Waals surface area contributed by atoms with Crippen LogP contribution in [0.15, 0.2) is 18.2 Å². The van der Waals surface area contributed by atoms with E-state index in [2.05, 4.69) is 36.9 Å². The van der Waals surface area contributed by atoms with Gasteiger partial charge in [-0.05, 0) is 43.5 Å². The lowest BCUT2D eigenvalue weighted by Gasteiger charge is -2.32. The van der Waals surface area contributed by atoms with E-state index in [-0.39, 0.29) is 0 Å². The van der Waals surface area contributed by atoms with Crippen molar-refractivity contribution in [1.82, 2.24) is 4.90 Å². The van der Waals surface area contributed by atoms with Crippen LogP contribution >= 0.6 is 0 Å². The molecule has 0 N–H and O–H groups in total. The van der Waals surface area contributed by atoms with Crippen LogP contribution in [0.3, 0.4) is 0 Å². The normalized spacial score (nSPS) is 16.5. The van der Waals surface area contributed by atoms with E-state index in [1.54, 1.807) is 7.11 Å². The number of nitrogens with zero attached hydrogens (tertiary/aromatic N) is 1. The molecule has 0 amide bonds. The van der Waals surface area contributed by atoms with Crippen LogP contribution in [0.2, 0.25) is 0 Å². The molecule has 1 aromatic rings. The third kappa shape index (κ3) is 2.15. The summed E-state index contributed by atoms with van der Waals surface area (Å²) in [6.45, 7) is 6.76. The Hall–Kier alpha value is -1.02. The van der Waals surface area contributed by atoms with E-state index in [1.165, 1.54) is 11.1 Å². The molecule has 0 radical (unpaired) electrons. The van der Waals surface area contributed by atoms with Gasteiger partial charge < -0.3 is 4.74 Å². The van der Waals surface area contributed by atoms with Gasteiger partial charge in [0.25, 0.3) is 0 Å². The molecule has 2 heteroatoms. The Balaban J connectivity index is 2.21. The van der Waals surface area contributed by atoms with Crippen LogP contribution in [0, 0.1) is 0 Å². The topological polar surface area (TPSA) is 12.5 Å². The van der Waals surface area contributed by atoms with E-state index >= 15 is 0 Å². The molecule has 0 unspecified atom stereocenters. The molecule has 1 aliphatic rings. The van der Waals surface area contributed by atoms with Gasteiger partial charge in [-0.15, -0.1) is 0 Å². The molecule has 1 aromatic carbocycles. The molecular formula is C13H19NO. The van der Waals surface area contributed by atoms with Crippen molar-refractivity contribution >= 4 is 0 Å². The summed E-state index contributed by atoms with van der Waals surface area (Å²) in [5.74, 6) is 0.978. The second-order valence-electron chi connectivity index (χ2n) is 4.45. The zero-order valence-electron chi connectivity index (χ0n) is 9.79. The highest BCUT2D eigenvalue weighted by Gasteiger charge is 2.18. The summed E-state index contributed by atoms with van der Waals surface area (Å²) < 4.78 is 5.24. The summed E-state index contributed by atoms with van der Waals surface area (Å²) in [4.78, 5) is 2.51. The molecule has 0 aromatic heterocycles. The molecule has 0 saturated carbocycles. The van der Waals surface area contributed by atoms with Crippen LogP contribution in [0.1, 0.15) is 25.0 Å². The van der Waals surface area contributed by atoms with E-state index in [0.717, 1.165) is 25.3 Å². The summed E-state index contributed by atoms with van der Waals surface area (Å²) in [5.41, 5.74) is 2.90. The van der Waals surface area contributed by atoms with Crippen molar-refractivity contribution in [2.24, 2.45) is 0 Å². The maximum Gasteiger partial charge on any atom is 0.119 e. The highest BCUT2D eigenvalue weighted by atomic mass is 16.5. The van der Waals surface area contributed by atoms with Crippen molar-refractivity contribution in [3.05, 3.63) is 29.3 Å². The molecule has 82 valence electrons. The maximum absolute atomic E-state index is 5.24. The monoisotopic (exact) mass is 205 g/mol. The van der Waals surface area contributed by atoms with Crippen LogP contribution < -0.4 is 4.74 Å². The van der Waals surface area contributed by atoms with Gasteiger partial charge in [0.05, 0.1) is 7.11 Å². The lowest BCUT2D eigenvalue weighted by molar-refractivity contribution is 0.203. The summed E-state index contributed by atoms with van der Waals surface area (Å²) in [6.07, 6.45) is 1.14. The van der Waals surface area contributed by atoms with Crippen LogP contribution in [0.4, 0.5) is 0 Å². The van der Waals surface area contributed by atoms with Crippen molar-refractivity contribution in [2.45, 2.75) is 32.9 Å². The zero-order valence-corrected chi connectivity index (χ0v) is 9.79. The number of rotatable bonds is 2. The third-order valence-electron chi connectivity index (χ3n) is 3.19. The molecule has 1 heterocycles. The Kier molecular flexibility index (Phi) is 2.96. The van der Waals surface area contributed by atoms with E-state index in [9.17, 15) is 0 Å². The number of methoxy groups -OCH3 is 1. The molecule has 0 spiro atoms. The first kappa shape index (κ1) is 10.5. The molecular weight excluding hydrogens is 186 g/mol. The van der Waals surface area contributed by atoms with Crippen LogP contribution in [0.5, 0.6) is 5.75 Å². The number of hydrogen-bond donors (Lipinski definition) is 0. The van der Waals surface area contributed by atoms with Gasteiger partial charge in [0, 0.05) is 19.1 Å². The van der Waals surface area contributed by atoms with Gasteiger partial charge >= 0.3 is 0 Å². The number of ether oxygens (including phenoxy) is 1. The molecule has 0 aliphatic carbocycles. The lowest BCUT2D eigenvalue weighted by atomic mass is 9.98. The predicted molar refractivity (Wildman–Crippen MR) is 62.2 cm³/mol. The average molecular weight is 205 g/mol. The van der Waals surface area contributed by atoms with E-state index in [0.29, 0.717) is 6.04 Å². The highest BCUT2D eigenvalue weighted by Crippen LogP contribution is 2.24. The minimum absolute atomic E-state index is 0.639. The fourth-order valence-corrected chi connectivity index (χ4v) is 2.12. The molecule has 0 saturated heterocycles. The van der Waals surface area contributed by atoms with Gasteiger partial charge in [0.2, 0.25) is 0 Å². The smallest absolute Gasteiger partial charge is 0.119 e. The van der Waals surface area contributed by atoms with Crippen LogP contribution in [-0.2, 0) is 13.0 Å². The maximum atomic E-state index is 5.24. The third-order valence-corrected chi connectivity index (χ3v) is 3.19. The summed E-state index contributed by atoms with van der Waals surface area (Å²) >= 11 is 0. The first-order valence-electron chi connectivity index (χ1n) is 5.60. The quantitative estimate of drug-likeness (QED) is 0.735. The SMILES string of the molecule is COc1ccc2c(c1)CCN(C(C)C)C2. The molecule has 2 nitrogen and oxygen atoms in total. The second-order valence-corrected chi connectivity index (χ2v) is 4.45. The van der Waals surface area contributed by atoms with Gasteiger partial charge in [-0.2, -0.15) is 0 Å². The summed E-state index contributed by atoms with van der Waals surface area (Å²) in [5, 5.41) is 0. The Morgan fingerprint density at radius 3 is 2.73 bits per heavy atom. The molecule has 0 atom stereocenters. The molecule has 0 fully saturated rings. The summed E-state index contributed by atoms with van der Waals surface area (Å²) in [6, 6.07) is 7.07. The molecule has 1 aliphatic heterocycles. The molecule has 2 rings (SSSR count). The largest absolute Gasteiger partial charge is 0.497 e. The van der Waals surface area contributed by atoms with Crippen molar-refractivity contribution in [2.75, 3.05) is 13.7 Å². The Bertz CT molecular complexity index is 346. The standard InChI is InChI=1S/C13H19NO/c1-10(2)14-7-6-11-8-13(15-3)5-4-12(11)9-14/h4-5,8,10H,6-7,9H2,1-3H3. The van der Waals surface area contributed by atoms with Crippen molar-refractivity contribution in [3.63, 3.8) is 0 Å². The lowest BCUT2D eigenvalue weighted by Crippen LogP contribution is -2.35. The zero-order chi connectivity index (χ0) is 10.8. The number of fused-ring (bicyclic) bond motifs is 1. The van der Waals surface area contributed by atoms with Gasteiger partial charge in [0.1, 0.15) is 5.75 Å². The first-order valence-corrected chi connectivity index (χ1v) is 5.60. The van der Waals surface area contributed by atoms with E-state index in [4.69, 9.17) is 4.74 Å². The van der Waals surface area contributed by atoms with E-state index < -0.39 is 0 Å². The van der Waals surface area contributed by atoms with Gasteiger partial charge in [-0.1, -0.05) is 6.07 Å². The Labute approximate surface area is 91.9 Å². The Morgan fingerprint density at radius 2 is 2.07 bits per heavy atom. The highest BCUT2D eigenvalue weighted by molar-refractivity contribution is 5.37. The van der Waals surface area contributed by atoms with Gasteiger partial charge in [0.15, 0.2) is 0 Å². The minimum Gasteiger partial charge on any atom is -0.497 e. The number of benzene rings is 1. The molecule has 15 heavy (non-hydrogen) atoms. The van der Waals surface area contributed by atoms with Gasteiger partial charge in [-0.3, -0.25) is 4.90 Å². The number of hydrogen-bond acceptors (Lipinski definition) is 2. The average Bonchev–Trinajstić information content (AvgIpc) is 2.27. The van der Waals surface area contributed by atoms with Gasteiger partial charge in [-0.25, -0.2) is 0 Å². The fourth-order valence-electron chi connectivity index (χ4n) is 2.12. The predicted octanol–water partition coefficient (Wildman–Crippen LogP) is 2.46. The minimum atomic E-state index is 0.639. The van der Waals surface area contributed by atoms with Crippen LogP contribution in [0.25, 0.3) is 0 Å². The first-order chi connectivity index (χ1) is 7.20. The Morgan fingerprint density at radius 1 is 1.27 bits per heavy atom. The fraction of sp³-hybridized carbons (Fsp3) is 0.538.